The Hall–Kier alpha value is -1.42. The molecule has 0 spiro atoms. The highest BCUT2D eigenvalue weighted by Gasteiger charge is 2.11. The topological polar surface area (TPSA) is 68.0 Å². The van der Waals surface area contributed by atoms with Gasteiger partial charge in [0.1, 0.15) is 0 Å². The molecule has 14 heavy (non-hydrogen) atoms. The van der Waals surface area contributed by atoms with Crippen molar-refractivity contribution < 1.29 is 4.79 Å². The number of hydrogen-bond donors (Lipinski definition) is 2. The Morgan fingerprint density at radius 2 is 2.00 bits per heavy atom. The fourth-order valence-corrected chi connectivity index (χ4v) is 1.08. The molecule has 0 saturated carbocycles. The van der Waals surface area contributed by atoms with E-state index in [1.807, 2.05) is 19.1 Å². The van der Waals surface area contributed by atoms with Gasteiger partial charge in [0, 0.05) is 12.4 Å². The smallest absolute Gasteiger partial charge is 0.237 e. The second-order valence-electron chi connectivity index (χ2n) is 3.30. The fourth-order valence-electron chi connectivity index (χ4n) is 1.08. The molecule has 4 nitrogen and oxygen atoms in total. The second kappa shape index (κ2) is 4.72. The predicted octanol–water partition coefficient (Wildman–Crippen LogP) is 0.606. The van der Waals surface area contributed by atoms with Crippen molar-refractivity contribution in [3.05, 3.63) is 30.1 Å². The van der Waals surface area contributed by atoms with Crippen molar-refractivity contribution in [3.8, 4) is 0 Å². The summed E-state index contributed by atoms with van der Waals surface area (Å²) in [4.78, 5) is 15.2. The second-order valence-corrected chi connectivity index (χ2v) is 3.30. The molecule has 0 bridgehead atoms. The largest absolute Gasteiger partial charge is 0.348 e. The van der Waals surface area contributed by atoms with Crippen molar-refractivity contribution in [2.24, 2.45) is 5.73 Å². The minimum atomic E-state index is -0.473. The molecule has 0 radical (unpaired) electrons. The molecule has 0 aromatic carbocycles. The van der Waals surface area contributed by atoms with Crippen LogP contribution in [0, 0.1) is 0 Å². The van der Waals surface area contributed by atoms with E-state index in [0.29, 0.717) is 0 Å². The van der Waals surface area contributed by atoms with Crippen LogP contribution in [0.25, 0.3) is 0 Å². The van der Waals surface area contributed by atoms with E-state index in [1.165, 1.54) is 0 Å². The van der Waals surface area contributed by atoms with Crippen LogP contribution >= 0.6 is 0 Å². The predicted molar refractivity (Wildman–Crippen MR) is 54.4 cm³/mol. The van der Waals surface area contributed by atoms with Crippen molar-refractivity contribution in [3.63, 3.8) is 0 Å². The van der Waals surface area contributed by atoms with Crippen molar-refractivity contribution in [1.29, 1.82) is 0 Å². The van der Waals surface area contributed by atoms with Gasteiger partial charge in [-0.15, -0.1) is 0 Å². The molecule has 1 aromatic heterocycles. The maximum Gasteiger partial charge on any atom is 0.237 e. The third kappa shape index (κ3) is 2.81. The molecule has 1 rings (SSSR count). The van der Waals surface area contributed by atoms with Gasteiger partial charge < -0.3 is 11.1 Å². The van der Waals surface area contributed by atoms with E-state index in [0.717, 1.165) is 5.56 Å². The first kappa shape index (κ1) is 10.7. The third-order valence-electron chi connectivity index (χ3n) is 1.98. The van der Waals surface area contributed by atoms with Gasteiger partial charge in [0.15, 0.2) is 0 Å². The molecule has 1 amide bonds. The summed E-state index contributed by atoms with van der Waals surface area (Å²) in [6.45, 7) is 3.57. The van der Waals surface area contributed by atoms with E-state index in [9.17, 15) is 4.79 Å². The lowest BCUT2D eigenvalue weighted by molar-refractivity contribution is -0.122. The van der Waals surface area contributed by atoms with E-state index in [2.05, 4.69) is 10.3 Å². The third-order valence-corrected chi connectivity index (χ3v) is 1.98. The lowest BCUT2D eigenvalue weighted by atomic mass is 10.1. The molecule has 2 atom stereocenters. The fraction of sp³-hybridized carbons (Fsp3) is 0.400. The van der Waals surface area contributed by atoms with Crippen molar-refractivity contribution in [1.82, 2.24) is 10.3 Å². The number of aromatic nitrogens is 1. The maximum atomic E-state index is 11.3. The van der Waals surface area contributed by atoms with Gasteiger partial charge in [-0.3, -0.25) is 9.78 Å². The molecule has 0 unspecified atom stereocenters. The summed E-state index contributed by atoms with van der Waals surface area (Å²) in [5.41, 5.74) is 6.46. The van der Waals surface area contributed by atoms with E-state index in [1.54, 1.807) is 19.3 Å². The van der Waals surface area contributed by atoms with Crippen LogP contribution < -0.4 is 11.1 Å². The van der Waals surface area contributed by atoms with E-state index in [-0.39, 0.29) is 11.9 Å². The summed E-state index contributed by atoms with van der Waals surface area (Å²) in [6, 6.07) is 3.23. The number of rotatable bonds is 3. The van der Waals surface area contributed by atoms with Gasteiger partial charge in [-0.1, -0.05) is 0 Å². The van der Waals surface area contributed by atoms with Crippen molar-refractivity contribution in [2.45, 2.75) is 25.9 Å². The van der Waals surface area contributed by atoms with Crippen LogP contribution in [0.5, 0.6) is 0 Å². The first-order chi connectivity index (χ1) is 6.61. The van der Waals surface area contributed by atoms with Crippen molar-refractivity contribution >= 4 is 5.91 Å². The molecular formula is C10H15N3O. The van der Waals surface area contributed by atoms with Gasteiger partial charge in [0.2, 0.25) is 5.91 Å². The summed E-state index contributed by atoms with van der Waals surface area (Å²) in [6.07, 6.45) is 3.40. The summed E-state index contributed by atoms with van der Waals surface area (Å²) >= 11 is 0. The summed E-state index contributed by atoms with van der Waals surface area (Å²) in [7, 11) is 0. The first-order valence-electron chi connectivity index (χ1n) is 4.57. The summed E-state index contributed by atoms with van der Waals surface area (Å²) < 4.78 is 0. The van der Waals surface area contributed by atoms with Crippen LogP contribution in [0.1, 0.15) is 25.5 Å². The zero-order chi connectivity index (χ0) is 10.6. The Morgan fingerprint density at radius 1 is 1.43 bits per heavy atom. The van der Waals surface area contributed by atoms with Crippen LogP contribution in [0.3, 0.4) is 0 Å². The van der Waals surface area contributed by atoms with E-state index in [4.69, 9.17) is 5.73 Å². The minimum absolute atomic E-state index is 0.0310. The standard InChI is InChI=1S/C10H15N3O/c1-7(11)10(14)13-8(2)9-3-5-12-6-4-9/h3-8H,11H2,1-2H3,(H,13,14)/t7-,8+/m1/s1. The molecule has 1 heterocycles. The highest BCUT2D eigenvalue weighted by atomic mass is 16.2. The van der Waals surface area contributed by atoms with Gasteiger partial charge in [0.25, 0.3) is 0 Å². The Kier molecular flexibility index (Phi) is 3.59. The Morgan fingerprint density at radius 3 is 2.50 bits per heavy atom. The molecule has 0 saturated heterocycles. The average molecular weight is 193 g/mol. The zero-order valence-electron chi connectivity index (χ0n) is 8.40. The highest BCUT2D eigenvalue weighted by molar-refractivity contribution is 5.81. The Bertz CT molecular complexity index is 297. The van der Waals surface area contributed by atoms with Gasteiger partial charge in [-0.05, 0) is 31.5 Å². The molecule has 0 aliphatic rings. The molecule has 76 valence electrons. The molecule has 0 aliphatic carbocycles. The van der Waals surface area contributed by atoms with E-state index < -0.39 is 6.04 Å². The van der Waals surface area contributed by atoms with Crippen LogP contribution in [0.15, 0.2) is 24.5 Å². The van der Waals surface area contributed by atoms with Crippen molar-refractivity contribution in [2.75, 3.05) is 0 Å². The lowest BCUT2D eigenvalue weighted by Crippen LogP contribution is -2.39. The average Bonchev–Trinajstić information content (AvgIpc) is 2.19. The van der Waals surface area contributed by atoms with Crippen LogP contribution in [0.2, 0.25) is 0 Å². The number of pyridine rings is 1. The maximum absolute atomic E-state index is 11.3. The molecule has 3 N–H and O–H groups in total. The van der Waals surface area contributed by atoms with Gasteiger partial charge >= 0.3 is 0 Å². The number of nitrogens with one attached hydrogen (secondary N) is 1. The normalized spacial score (nSPS) is 14.5. The molecule has 0 aliphatic heterocycles. The molecule has 1 aromatic rings. The van der Waals surface area contributed by atoms with Crippen LogP contribution in [-0.4, -0.2) is 16.9 Å². The van der Waals surface area contributed by atoms with Crippen LogP contribution in [-0.2, 0) is 4.79 Å². The van der Waals surface area contributed by atoms with Gasteiger partial charge in [0.05, 0.1) is 12.1 Å². The molecule has 4 heteroatoms. The Labute approximate surface area is 83.5 Å². The summed E-state index contributed by atoms with van der Waals surface area (Å²) in [5, 5.41) is 2.80. The lowest BCUT2D eigenvalue weighted by Gasteiger charge is -2.15. The molecular weight excluding hydrogens is 178 g/mol. The SMILES string of the molecule is C[C@H](NC(=O)[C@@H](C)N)c1ccncc1. The Balaban J connectivity index is 2.59. The minimum Gasteiger partial charge on any atom is -0.348 e. The number of hydrogen-bond acceptors (Lipinski definition) is 3. The highest BCUT2D eigenvalue weighted by Crippen LogP contribution is 2.09. The monoisotopic (exact) mass is 193 g/mol. The number of nitrogens with zero attached hydrogens (tertiary/aromatic N) is 1. The zero-order valence-corrected chi connectivity index (χ0v) is 8.40. The quantitative estimate of drug-likeness (QED) is 0.739. The number of carbonyl (C=O) groups excluding carboxylic acids is 1. The van der Waals surface area contributed by atoms with Gasteiger partial charge in [-0.25, -0.2) is 0 Å². The summed E-state index contributed by atoms with van der Waals surface area (Å²) in [5.74, 6) is -0.144. The molecule has 0 fully saturated rings. The number of carbonyl (C=O) groups is 1. The number of nitrogens with two attached hydrogens (primary N) is 1. The van der Waals surface area contributed by atoms with Gasteiger partial charge in [-0.2, -0.15) is 0 Å². The van der Waals surface area contributed by atoms with E-state index >= 15 is 0 Å². The number of amides is 1. The van der Waals surface area contributed by atoms with Crippen LogP contribution in [0.4, 0.5) is 0 Å². The first-order valence-corrected chi connectivity index (χ1v) is 4.57.